The van der Waals surface area contributed by atoms with E-state index in [4.69, 9.17) is 11.5 Å². The van der Waals surface area contributed by atoms with E-state index in [1.165, 1.54) is 9.80 Å². The molecular weight excluding hydrogens is 1090 g/mol. The minimum Gasteiger partial charge on any atom is -0.507 e. The normalized spacial score (nSPS) is 13.8. The fourth-order valence-corrected chi connectivity index (χ4v) is 10.4. The van der Waals surface area contributed by atoms with E-state index in [1.807, 2.05) is 88.4 Å². The molecule has 0 radical (unpaired) electrons. The molecule has 0 saturated heterocycles. The first-order valence-electron chi connectivity index (χ1n) is 29.0. The second-order valence-corrected chi connectivity index (χ2v) is 22.3. The monoisotopic (exact) mass is 1170 g/mol. The number of hydrogen-bond donors (Lipinski definition) is 10. The number of hydrogen-bond acceptors (Lipinski definition) is 14. The first-order valence-corrected chi connectivity index (χ1v) is 29.0. The van der Waals surface area contributed by atoms with Crippen LogP contribution in [0.3, 0.4) is 0 Å². The lowest BCUT2D eigenvalue weighted by molar-refractivity contribution is -0.131. The summed E-state index contributed by atoms with van der Waals surface area (Å²) in [7, 11) is 0. The van der Waals surface area contributed by atoms with Gasteiger partial charge in [0.05, 0.1) is 34.3 Å². The predicted octanol–water partition coefficient (Wildman–Crippen LogP) is 5.97. The van der Waals surface area contributed by atoms with Gasteiger partial charge in [0.2, 0.25) is 47.0 Å². The van der Waals surface area contributed by atoms with E-state index in [-0.39, 0.29) is 86.2 Å². The molecule has 0 bridgehead atoms. The summed E-state index contributed by atoms with van der Waals surface area (Å²) < 4.78 is 0. The first-order chi connectivity index (χ1) is 41.2. The van der Waals surface area contributed by atoms with Crippen molar-refractivity contribution >= 4 is 69.8 Å². The summed E-state index contributed by atoms with van der Waals surface area (Å²) in [6.45, 7) is 10.7. The van der Waals surface area contributed by atoms with E-state index in [9.17, 15) is 48.6 Å². The number of carbonyl (C=O) groups excluding carboxylic acids is 8. The van der Waals surface area contributed by atoms with Gasteiger partial charge in [-0.05, 0) is 111 Å². The van der Waals surface area contributed by atoms with Gasteiger partial charge in [-0.2, -0.15) is 0 Å². The quantitative estimate of drug-likeness (QED) is 0.0200. The summed E-state index contributed by atoms with van der Waals surface area (Å²) in [4.78, 5) is 116. The number of para-hydroxylation sites is 2. The Hall–Kier alpha value is -9.40. The van der Waals surface area contributed by atoms with Crippen molar-refractivity contribution in [3.05, 3.63) is 179 Å². The average molecular weight is 1170 g/mol. The van der Waals surface area contributed by atoms with Crippen LogP contribution in [0.25, 0.3) is 0 Å². The van der Waals surface area contributed by atoms with Crippen molar-refractivity contribution < 1.29 is 48.6 Å². The molecule has 6 aromatic rings. The highest BCUT2D eigenvalue weighted by atomic mass is 16.3. The Morgan fingerprint density at radius 1 is 0.430 bits per heavy atom. The van der Waals surface area contributed by atoms with Gasteiger partial charge in [-0.15, -0.1) is 0 Å². The standard InChI is InChI=1S/C66H78N10O10/c1-39(2)35-51(73-61(81)41(5)75(45-23-15-9-16-24-45)65(85)47(67)37-43-19-11-7-12-20-43)63(83)71-33-31-69-49-27-28-50(56-55(49)59(79)57-53(77)29-30-54(78)58(57)60(56)80)70-32-34-72-64(84)52(36-40(3)4)74-62(82)42(6)76(46-25-17-10-18-26-46)66(86)48(68)38-44-21-13-8-14-22-44/h7-30,39-42,47-48,51-52,69-70,77-78H,31-38,67-68H2,1-6H3,(H,71,83)(H,72,84)(H,73,81)(H,74,82)/t41?,42?,47-,48-,51-,52-/m0/s1. The molecule has 1 aliphatic rings. The molecule has 0 aromatic heterocycles. The van der Waals surface area contributed by atoms with E-state index in [0.717, 1.165) is 23.3 Å². The molecule has 20 nitrogen and oxygen atoms in total. The van der Waals surface area contributed by atoms with Crippen molar-refractivity contribution in [1.82, 2.24) is 21.3 Å². The Morgan fingerprint density at radius 3 is 1.08 bits per heavy atom. The second kappa shape index (κ2) is 29.9. The average Bonchev–Trinajstić information content (AvgIpc) is 0.842. The summed E-state index contributed by atoms with van der Waals surface area (Å²) in [6.07, 6.45) is 0.971. The maximum absolute atomic E-state index is 14.4. The molecule has 452 valence electrons. The van der Waals surface area contributed by atoms with E-state index >= 15 is 0 Å². The summed E-state index contributed by atoms with van der Waals surface area (Å²) in [5.74, 6) is -5.81. The maximum atomic E-state index is 14.4. The molecule has 0 spiro atoms. The zero-order chi connectivity index (χ0) is 62.2. The van der Waals surface area contributed by atoms with Crippen LogP contribution in [0.4, 0.5) is 22.7 Å². The van der Waals surface area contributed by atoms with Crippen LogP contribution in [0.1, 0.15) is 97.4 Å². The van der Waals surface area contributed by atoms with Crippen molar-refractivity contribution in [3.8, 4) is 11.5 Å². The molecule has 7 rings (SSSR count). The SMILES string of the molecule is CC(C)C[C@H](NC(=O)C(C)N(C(=O)[C@@H](N)Cc1ccccc1)c1ccccc1)C(=O)NCCNc1ccc(NCCNC(=O)[C@H](CC(C)C)NC(=O)C(C)N(C(=O)[C@@H](N)Cc2ccccc2)c2ccccc2)c2c1C(=O)c1c(O)ccc(O)c1C2=O. The second-order valence-electron chi connectivity index (χ2n) is 22.3. The number of fused-ring (bicyclic) bond motifs is 2. The molecule has 12 N–H and O–H groups in total. The van der Waals surface area contributed by atoms with Gasteiger partial charge in [-0.25, -0.2) is 0 Å². The number of aromatic hydroxyl groups is 2. The van der Waals surface area contributed by atoms with Crippen molar-refractivity contribution in [3.63, 3.8) is 0 Å². The first kappa shape index (κ1) is 64.2. The van der Waals surface area contributed by atoms with Crippen LogP contribution in [-0.2, 0) is 41.6 Å². The Kier molecular flexibility index (Phi) is 22.3. The molecule has 6 aromatic carbocycles. The summed E-state index contributed by atoms with van der Waals surface area (Å²) in [5.41, 5.74) is 14.9. The molecule has 0 saturated carbocycles. The Bertz CT molecular complexity index is 3150. The van der Waals surface area contributed by atoms with Crippen LogP contribution in [-0.4, -0.2) is 120 Å². The lowest BCUT2D eigenvalue weighted by atomic mass is 9.81. The fraction of sp³-hybridized carbons (Fsp3) is 0.333. The van der Waals surface area contributed by atoms with Gasteiger partial charge in [0.15, 0.2) is 0 Å². The number of phenolic OH excluding ortho intramolecular Hbond substituents is 2. The van der Waals surface area contributed by atoms with Crippen LogP contribution in [0, 0.1) is 11.8 Å². The van der Waals surface area contributed by atoms with Crippen molar-refractivity contribution in [2.75, 3.05) is 46.6 Å². The van der Waals surface area contributed by atoms with Crippen LogP contribution in [0.15, 0.2) is 146 Å². The van der Waals surface area contributed by atoms with Crippen LogP contribution in [0.5, 0.6) is 11.5 Å². The van der Waals surface area contributed by atoms with Crippen LogP contribution >= 0.6 is 0 Å². The molecule has 6 atom stereocenters. The smallest absolute Gasteiger partial charge is 0.244 e. The number of rotatable bonds is 28. The molecule has 20 heteroatoms. The van der Waals surface area contributed by atoms with Gasteiger partial charge in [-0.3, -0.25) is 48.2 Å². The minimum atomic E-state index is -1.07. The third kappa shape index (κ3) is 16.1. The van der Waals surface area contributed by atoms with E-state index in [0.29, 0.717) is 11.4 Å². The highest BCUT2D eigenvalue weighted by Crippen LogP contribution is 2.42. The number of amides is 6. The number of nitrogens with two attached hydrogens (primary N) is 2. The molecule has 2 unspecified atom stereocenters. The van der Waals surface area contributed by atoms with Gasteiger partial charge in [0.1, 0.15) is 35.7 Å². The zero-order valence-corrected chi connectivity index (χ0v) is 49.3. The van der Waals surface area contributed by atoms with Gasteiger partial charge in [0.25, 0.3) is 0 Å². The topological polar surface area (TPSA) is 308 Å². The summed E-state index contributed by atoms with van der Waals surface area (Å²) in [5, 5.41) is 39.5. The highest BCUT2D eigenvalue weighted by Gasteiger charge is 2.39. The zero-order valence-electron chi connectivity index (χ0n) is 49.3. The van der Waals surface area contributed by atoms with Crippen LogP contribution < -0.4 is 53.2 Å². The molecule has 1 aliphatic carbocycles. The van der Waals surface area contributed by atoms with Crippen molar-refractivity contribution in [2.45, 2.75) is 103 Å². The van der Waals surface area contributed by atoms with Gasteiger partial charge >= 0.3 is 0 Å². The predicted molar refractivity (Wildman–Crippen MR) is 332 cm³/mol. The molecule has 0 aliphatic heterocycles. The number of nitrogens with one attached hydrogen (secondary N) is 6. The summed E-state index contributed by atoms with van der Waals surface area (Å²) in [6, 6.07) is 35.2. The van der Waals surface area contributed by atoms with Gasteiger partial charge in [-0.1, -0.05) is 125 Å². The largest absolute Gasteiger partial charge is 0.507 e. The number of phenols is 2. The van der Waals surface area contributed by atoms with Crippen molar-refractivity contribution in [1.29, 1.82) is 0 Å². The molecule has 6 amide bonds. The van der Waals surface area contributed by atoms with E-state index < -0.39 is 106 Å². The summed E-state index contributed by atoms with van der Waals surface area (Å²) >= 11 is 0. The van der Waals surface area contributed by atoms with Gasteiger partial charge < -0.3 is 53.6 Å². The highest BCUT2D eigenvalue weighted by molar-refractivity contribution is 6.33. The Labute approximate surface area is 501 Å². The minimum absolute atomic E-state index is 0.0148. The number of nitrogens with zero attached hydrogens (tertiary/aromatic N) is 2. The molecule has 0 fully saturated rings. The van der Waals surface area contributed by atoms with Crippen LogP contribution in [0.2, 0.25) is 0 Å². The number of anilines is 4. The number of benzene rings is 6. The maximum Gasteiger partial charge on any atom is 0.244 e. The van der Waals surface area contributed by atoms with E-state index in [2.05, 4.69) is 31.9 Å². The van der Waals surface area contributed by atoms with Gasteiger partial charge in [0, 0.05) is 48.9 Å². The Morgan fingerprint density at radius 2 is 0.756 bits per heavy atom. The number of carbonyl (C=O) groups is 8. The molecule has 0 heterocycles. The van der Waals surface area contributed by atoms with E-state index in [1.54, 1.807) is 86.6 Å². The third-order valence-electron chi connectivity index (χ3n) is 14.7. The number of ketones is 2. The van der Waals surface area contributed by atoms with Crippen molar-refractivity contribution in [2.24, 2.45) is 23.3 Å². The Balaban J connectivity index is 1.01. The third-order valence-corrected chi connectivity index (χ3v) is 14.7. The fourth-order valence-electron chi connectivity index (χ4n) is 10.4. The lowest BCUT2D eigenvalue weighted by Crippen LogP contribution is -2.57. The lowest BCUT2D eigenvalue weighted by Gasteiger charge is -2.32. The molecular formula is C66H78N10O10. The molecule has 86 heavy (non-hydrogen) atoms.